The SMILES string of the molecule is COCCNCc1cccc(F)c1OCCSC. The van der Waals surface area contributed by atoms with Gasteiger partial charge in [-0.25, -0.2) is 4.39 Å². The smallest absolute Gasteiger partial charge is 0.165 e. The Bertz CT molecular complexity index is 350. The van der Waals surface area contributed by atoms with Gasteiger partial charge in [0.2, 0.25) is 0 Å². The first-order chi connectivity index (χ1) is 8.79. The van der Waals surface area contributed by atoms with Crippen molar-refractivity contribution in [2.75, 3.05) is 38.9 Å². The second-order valence-electron chi connectivity index (χ2n) is 3.74. The van der Waals surface area contributed by atoms with Crippen LogP contribution in [-0.2, 0) is 11.3 Å². The molecule has 0 saturated carbocycles. The Hall–Kier alpha value is -0.780. The highest BCUT2D eigenvalue weighted by Crippen LogP contribution is 2.22. The predicted molar refractivity (Wildman–Crippen MR) is 73.9 cm³/mol. The van der Waals surface area contributed by atoms with Gasteiger partial charge in [-0.3, -0.25) is 0 Å². The molecule has 0 radical (unpaired) electrons. The van der Waals surface area contributed by atoms with Gasteiger partial charge in [0.05, 0.1) is 13.2 Å². The van der Waals surface area contributed by atoms with Gasteiger partial charge >= 0.3 is 0 Å². The minimum atomic E-state index is -0.304. The number of hydrogen-bond donors (Lipinski definition) is 1. The largest absolute Gasteiger partial charge is 0.489 e. The molecule has 0 atom stereocenters. The summed E-state index contributed by atoms with van der Waals surface area (Å²) in [5.41, 5.74) is 0.840. The summed E-state index contributed by atoms with van der Waals surface area (Å²) in [5.74, 6) is 0.906. The topological polar surface area (TPSA) is 30.5 Å². The van der Waals surface area contributed by atoms with Gasteiger partial charge < -0.3 is 14.8 Å². The van der Waals surface area contributed by atoms with Gasteiger partial charge in [-0.15, -0.1) is 0 Å². The maximum Gasteiger partial charge on any atom is 0.165 e. The summed E-state index contributed by atoms with van der Waals surface area (Å²) in [6, 6.07) is 4.99. The molecule has 0 aliphatic heterocycles. The molecule has 0 amide bonds. The summed E-state index contributed by atoms with van der Waals surface area (Å²) < 4.78 is 24.1. The van der Waals surface area contributed by atoms with E-state index in [0.29, 0.717) is 25.5 Å². The number of rotatable bonds is 9. The number of benzene rings is 1. The molecular formula is C13H20FNO2S. The lowest BCUT2D eigenvalue weighted by molar-refractivity contribution is 0.199. The van der Waals surface area contributed by atoms with Crippen LogP contribution < -0.4 is 10.1 Å². The van der Waals surface area contributed by atoms with E-state index < -0.39 is 0 Å². The van der Waals surface area contributed by atoms with Crippen molar-refractivity contribution in [3.8, 4) is 5.75 Å². The normalized spacial score (nSPS) is 10.6. The number of ether oxygens (including phenoxy) is 2. The summed E-state index contributed by atoms with van der Waals surface area (Å²) in [6.45, 7) is 2.47. The minimum Gasteiger partial charge on any atom is -0.489 e. The molecule has 3 nitrogen and oxygen atoms in total. The molecule has 1 N–H and O–H groups in total. The lowest BCUT2D eigenvalue weighted by atomic mass is 10.2. The molecule has 0 unspecified atom stereocenters. The molecule has 5 heteroatoms. The lowest BCUT2D eigenvalue weighted by Crippen LogP contribution is -2.19. The van der Waals surface area contributed by atoms with E-state index in [1.807, 2.05) is 12.3 Å². The fraction of sp³-hybridized carbons (Fsp3) is 0.538. The first-order valence-corrected chi connectivity index (χ1v) is 7.27. The third-order valence-corrected chi connectivity index (χ3v) is 2.96. The van der Waals surface area contributed by atoms with Gasteiger partial charge in [-0.05, 0) is 12.3 Å². The van der Waals surface area contributed by atoms with E-state index in [-0.39, 0.29) is 5.82 Å². The Morgan fingerprint density at radius 3 is 2.89 bits per heavy atom. The lowest BCUT2D eigenvalue weighted by Gasteiger charge is -2.12. The fourth-order valence-corrected chi connectivity index (χ4v) is 1.73. The van der Waals surface area contributed by atoms with Crippen LogP contribution in [0.2, 0.25) is 0 Å². The maximum absolute atomic E-state index is 13.7. The first-order valence-electron chi connectivity index (χ1n) is 5.88. The summed E-state index contributed by atoms with van der Waals surface area (Å²) >= 11 is 1.68. The van der Waals surface area contributed by atoms with E-state index >= 15 is 0 Å². The van der Waals surface area contributed by atoms with Crippen molar-refractivity contribution in [1.82, 2.24) is 5.32 Å². The number of thioether (sulfide) groups is 1. The third kappa shape index (κ3) is 5.25. The number of para-hydroxylation sites is 1. The summed E-state index contributed by atoms with van der Waals surface area (Å²) in [5, 5.41) is 3.18. The molecule has 1 aromatic carbocycles. The Labute approximate surface area is 112 Å². The zero-order valence-electron chi connectivity index (χ0n) is 10.9. The average Bonchev–Trinajstić information content (AvgIpc) is 2.37. The van der Waals surface area contributed by atoms with Gasteiger partial charge in [-0.2, -0.15) is 11.8 Å². The van der Waals surface area contributed by atoms with Crippen molar-refractivity contribution >= 4 is 11.8 Å². The summed E-state index contributed by atoms with van der Waals surface area (Å²) in [6.07, 6.45) is 2.00. The van der Waals surface area contributed by atoms with Crippen LogP contribution in [0.1, 0.15) is 5.56 Å². The van der Waals surface area contributed by atoms with Crippen LogP contribution in [0.15, 0.2) is 18.2 Å². The number of nitrogens with one attached hydrogen (secondary N) is 1. The quantitative estimate of drug-likeness (QED) is 0.699. The van der Waals surface area contributed by atoms with Crippen LogP contribution in [0.25, 0.3) is 0 Å². The first kappa shape index (κ1) is 15.3. The second kappa shape index (κ2) is 9.19. The molecule has 0 heterocycles. The van der Waals surface area contributed by atoms with Crippen LogP contribution in [-0.4, -0.2) is 38.9 Å². The minimum absolute atomic E-state index is 0.304. The van der Waals surface area contributed by atoms with Crippen molar-refractivity contribution < 1.29 is 13.9 Å². The molecular weight excluding hydrogens is 253 g/mol. The average molecular weight is 273 g/mol. The molecule has 0 saturated heterocycles. The Kier molecular flexibility index (Phi) is 7.80. The molecule has 0 spiro atoms. The predicted octanol–water partition coefficient (Wildman–Crippen LogP) is 2.30. The molecule has 0 bridgehead atoms. The van der Waals surface area contributed by atoms with Crippen LogP contribution >= 0.6 is 11.8 Å². The van der Waals surface area contributed by atoms with Gasteiger partial charge in [0.25, 0.3) is 0 Å². The van der Waals surface area contributed by atoms with Crippen LogP contribution in [0.5, 0.6) is 5.75 Å². The van der Waals surface area contributed by atoms with Crippen molar-refractivity contribution in [3.63, 3.8) is 0 Å². The Morgan fingerprint density at radius 1 is 1.33 bits per heavy atom. The van der Waals surface area contributed by atoms with Crippen LogP contribution in [0, 0.1) is 5.82 Å². The molecule has 102 valence electrons. The second-order valence-corrected chi connectivity index (χ2v) is 4.72. The number of halogens is 1. The number of methoxy groups -OCH3 is 1. The van der Waals surface area contributed by atoms with Crippen LogP contribution in [0.4, 0.5) is 4.39 Å². The van der Waals surface area contributed by atoms with E-state index in [1.165, 1.54) is 6.07 Å². The zero-order chi connectivity index (χ0) is 13.2. The molecule has 18 heavy (non-hydrogen) atoms. The number of hydrogen-bond acceptors (Lipinski definition) is 4. The van der Waals surface area contributed by atoms with Crippen molar-refractivity contribution in [2.45, 2.75) is 6.54 Å². The Morgan fingerprint density at radius 2 is 2.17 bits per heavy atom. The van der Waals surface area contributed by atoms with Crippen molar-refractivity contribution in [2.24, 2.45) is 0 Å². The molecule has 0 aromatic heterocycles. The Balaban J connectivity index is 2.56. The van der Waals surface area contributed by atoms with Gasteiger partial charge in [0.15, 0.2) is 11.6 Å². The van der Waals surface area contributed by atoms with Crippen molar-refractivity contribution in [1.29, 1.82) is 0 Å². The van der Waals surface area contributed by atoms with E-state index in [4.69, 9.17) is 9.47 Å². The maximum atomic E-state index is 13.7. The highest BCUT2D eigenvalue weighted by molar-refractivity contribution is 7.98. The fourth-order valence-electron chi connectivity index (χ4n) is 1.48. The molecule has 0 aliphatic carbocycles. The molecule has 0 fully saturated rings. The van der Waals surface area contributed by atoms with Crippen LogP contribution in [0.3, 0.4) is 0 Å². The standard InChI is InChI=1S/C13H20FNO2S/c1-16-7-6-15-10-11-4-3-5-12(14)13(11)17-8-9-18-2/h3-5,15H,6-10H2,1-2H3. The molecule has 1 rings (SSSR count). The van der Waals surface area contributed by atoms with Crippen molar-refractivity contribution in [3.05, 3.63) is 29.6 Å². The van der Waals surface area contributed by atoms with E-state index in [2.05, 4.69) is 5.32 Å². The van der Waals surface area contributed by atoms with Gasteiger partial charge in [-0.1, -0.05) is 12.1 Å². The van der Waals surface area contributed by atoms with Gasteiger partial charge in [0, 0.05) is 31.5 Å². The van der Waals surface area contributed by atoms with E-state index in [1.54, 1.807) is 24.9 Å². The van der Waals surface area contributed by atoms with E-state index in [9.17, 15) is 4.39 Å². The monoisotopic (exact) mass is 273 g/mol. The molecule has 0 aliphatic rings. The zero-order valence-corrected chi connectivity index (χ0v) is 11.7. The third-order valence-electron chi connectivity index (χ3n) is 2.38. The highest BCUT2D eigenvalue weighted by Gasteiger charge is 2.09. The summed E-state index contributed by atoms with van der Waals surface area (Å²) in [7, 11) is 1.65. The highest BCUT2D eigenvalue weighted by atomic mass is 32.2. The summed E-state index contributed by atoms with van der Waals surface area (Å²) in [4.78, 5) is 0. The van der Waals surface area contributed by atoms with E-state index in [0.717, 1.165) is 17.9 Å². The molecule has 1 aromatic rings. The van der Waals surface area contributed by atoms with Gasteiger partial charge in [0.1, 0.15) is 0 Å².